The molecule has 6 nitrogen and oxygen atoms in total. The van der Waals surface area contributed by atoms with Crippen LogP contribution >= 0.6 is 0 Å². The number of rotatable bonds is 6. The quantitative estimate of drug-likeness (QED) is 0.280. The minimum atomic E-state index is 0.244. The van der Waals surface area contributed by atoms with Crippen LogP contribution in [0.5, 0.6) is 0 Å². The van der Waals surface area contributed by atoms with Gasteiger partial charge in [0, 0.05) is 18.3 Å². The second kappa shape index (κ2) is 9.30. The fourth-order valence-electron chi connectivity index (χ4n) is 5.63. The van der Waals surface area contributed by atoms with Gasteiger partial charge in [0.05, 0.1) is 40.3 Å². The molecule has 0 bridgehead atoms. The maximum atomic E-state index is 4.90. The zero-order valence-corrected chi connectivity index (χ0v) is 20.6. The first kappa shape index (κ1) is 21.9. The third-order valence-electron chi connectivity index (χ3n) is 7.37. The van der Waals surface area contributed by atoms with Crippen LogP contribution in [0.15, 0.2) is 91.1 Å². The van der Waals surface area contributed by atoms with Gasteiger partial charge in [-0.3, -0.25) is 9.88 Å². The lowest BCUT2D eigenvalue weighted by atomic mass is 9.90. The Balaban J connectivity index is 1.24. The monoisotopic (exact) mass is 484 g/mol. The number of benzene rings is 3. The van der Waals surface area contributed by atoms with Crippen LogP contribution in [-0.2, 0) is 19.5 Å². The lowest BCUT2D eigenvalue weighted by molar-refractivity contribution is 0.153. The van der Waals surface area contributed by atoms with Crippen LogP contribution in [0.1, 0.15) is 41.5 Å². The van der Waals surface area contributed by atoms with Gasteiger partial charge < -0.3 is 9.97 Å². The van der Waals surface area contributed by atoms with E-state index in [4.69, 9.17) is 15.0 Å². The molecule has 1 atom stereocenters. The molecule has 0 saturated carbocycles. The number of fused-ring (bicyclic) bond motifs is 3. The van der Waals surface area contributed by atoms with E-state index in [1.54, 1.807) is 0 Å². The Morgan fingerprint density at radius 2 is 1.59 bits per heavy atom. The summed E-state index contributed by atoms with van der Waals surface area (Å²) in [4.78, 5) is 24.1. The van der Waals surface area contributed by atoms with Crippen molar-refractivity contribution in [1.29, 1.82) is 0 Å². The molecule has 1 aliphatic carbocycles. The Morgan fingerprint density at radius 1 is 0.784 bits per heavy atom. The number of para-hydroxylation sites is 4. The molecular formula is C31H28N6. The molecule has 3 heterocycles. The average molecular weight is 485 g/mol. The molecule has 6 heteroatoms. The predicted octanol–water partition coefficient (Wildman–Crippen LogP) is 6.58. The van der Waals surface area contributed by atoms with E-state index in [0.717, 1.165) is 65.2 Å². The maximum Gasteiger partial charge on any atom is 0.138 e. The SMILES string of the molecule is c1cc(CN(Cc2nc3ccccc3[nH]2)C2CCCc3cccnc32)cc(-c2nc3ccccc3[nH]2)c1. The molecule has 1 aliphatic rings. The van der Waals surface area contributed by atoms with Gasteiger partial charge in [0.1, 0.15) is 11.6 Å². The van der Waals surface area contributed by atoms with Crippen LogP contribution in [0.3, 0.4) is 0 Å². The predicted molar refractivity (Wildman–Crippen MR) is 147 cm³/mol. The van der Waals surface area contributed by atoms with Crippen molar-refractivity contribution < 1.29 is 0 Å². The smallest absolute Gasteiger partial charge is 0.138 e. The molecule has 6 aromatic rings. The van der Waals surface area contributed by atoms with Gasteiger partial charge in [-0.1, -0.05) is 48.5 Å². The molecule has 0 aliphatic heterocycles. The summed E-state index contributed by atoms with van der Waals surface area (Å²) < 4.78 is 0. The van der Waals surface area contributed by atoms with Gasteiger partial charge in [-0.05, 0) is 66.8 Å². The van der Waals surface area contributed by atoms with E-state index < -0.39 is 0 Å². The summed E-state index contributed by atoms with van der Waals surface area (Å²) in [5, 5.41) is 0. The van der Waals surface area contributed by atoms with Gasteiger partial charge in [-0.15, -0.1) is 0 Å². The molecule has 0 saturated heterocycles. The molecule has 7 rings (SSSR count). The van der Waals surface area contributed by atoms with Crippen LogP contribution < -0.4 is 0 Å². The van der Waals surface area contributed by atoms with Gasteiger partial charge in [-0.25, -0.2) is 9.97 Å². The van der Waals surface area contributed by atoms with Gasteiger partial charge in [0.15, 0.2) is 0 Å². The van der Waals surface area contributed by atoms with Crippen molar-refractivity contribution in [2.45, 2.75) is 38.4 Å². The van der Waals surface area contributed by atoms with Crippen LogP contribution in [0, 0.1) is 0 Å². The molecule has 0 amide bonds. The third-order valence-corrected chi connectivity index (χ3v) is 7.37. The molecule has 1 unspecified atom stereocenters. The van der Waals surface area contributed by atoms with Crippen LogP contribution in [0.4, 0.5) is 0 Å². The number of nitrogens with one attached hydrogen (secondary N) is 2. The number of aromatic amines is 2. The first-order valence-electron chi connectivity index (χ1n) is 13.0. The molecular weight excluding hydrogens is 456 g/mol. The van der Waals surface area contributed by atoms with Gasteiger partial charge >= 0.3 is 0 Å². The molecule has 0 fully saturated rings. The molecule has 2 N–H and O–H groups in total. The third kappa shape index (κ3) is 4.30. The van der Waals surface area contributed by atoms with E-state index in [1.807, 2.05) is 36.5 Å². The lowest BCUT2D eigenvalue weighted by Crippen LogP contribution is -2.31. The topological polar surface area (TPSA) is 73.5 Å². The maximum absolute atomic E-state index is 4.90. The Morgan fingerprint density at radius 3 is 2.43 bits per heavy atom. The van der Waals surface area contributed by atoms with E-state index in [9.17, 15) is 0 Å². The minimum Gasteiger partial charge on any atom is -0.341 e. The fourth-order valence-corrected chi connectivity index (χ4v) is 5.63. The van der Waals surface area contributed by atoms with Crippen molar-refractivity contribution in [3.8, 4) is 11.4 Å². The summed E-state index contributed by atoms with van der Waals surface area (Å²) in [6.45, 7) is 1.52. The van der Waals surface area contributed by atoms with Gasteiger partial charge in [0.2, 0.25) is 0 Å². The summed E-state index contributed by atoms with van der Waals surface area (Å²) in [6, 6.07) is 29.7. The zero-order valence-electron chi connectivity index (χ0n) is 20.6. The van der Waals surface area contributed by atoms with Crippen molar-refractivity contribution in [2.24, 2.45) is 0 Å². The second-order valence-corrected chi connectivity index (χ2v) is 9.86. The summed E-state index contributed by atoms with van der Waals surface area (Å²) in [6.07, 6.45) is 5.28. The van der Waals surface area contributed by atoms with Crippen LogP contribution in [0.25, 0.3) is 33.5 Å². The molecule has 182 valence electrons. The number of nitrogens with zero attached hydrogens (tertiary/aromatic N) is 4. The number of imidazole rings is 2. The van der Waals surface area contributed by atoms with Crippen molar-refractivity contribution in [3.05, 3.63) is 114 Å². The number of hydrogen-bond acceptors (Lipinski definition) is 4. The number of aryl methyl sites for hydroxylation is 1. The van der Waals surface area contributed by atoms with E-state index in [-0.39, 0.29) is 6.04 Å². The van der Waals surface area contributed by atoms with Crippen LogP contribution in [0.2, 0.25) is 0 Å². The second-order valence-electron chi connectivity index (χ2n) is 9.86. The Labute approximate surface area is 215 Å². The fraction of sp³-hybridized carbons (Fsp3) is 0.194. The summed E-state index contributed by atoms with van der Waals surface area (Å²) in [7, 11) is 0. The van der Waals surface area contributed by atoms with E-state index in [0.29, 0.717) is 0 Å². The Hall–Kier alpha value is -4.29. The highest BCUT2D eigenvalue weighted by Gasteiger charge is 2.28. The lowest BCUT2D eigenvalue weighted by Gasteiger charge is -2.34. The zero-order chi connectivity index (χ0) is 24.6. The van der Waals surface area contributed by atoms with Crippen molar-refractivity contribution in [1.82, 2.24) is 29.8 Å². The molecule has 3 aromatic heterocycles. The Bertz CT molecular complexity index is 1630. The number of pyridine rings is 1. The van der Waals surface area contributed by atoms with Crippen molar-refractivity contribution in [3.63, 3.8) is 0 Å². The number of aromatic nitrogens is 5. The van der Waals surface area contributed by atoms with Gasteiger partial charge in [-0.2, -0.15) is 0 Å². The van der Waals surface area contributed by atoms with E-state index >= 15 is 0 Å². The van der Waals surface area contributed by atoms with E-state index in [1.165, 1.54) is 23.2 Å². The summed E-state index contributed by atoms with van der Waals surface area (Å²) >= 11 is 0. The van der Waals surface area contributed by atoms with Gasteiger partial charge in [0.25, 0.3) is 0 Å². The molecule has 0 radical (unpaired) electrons. The van der Waals surface area contributed by atoms with Crippen molar-refractivity contribution >= 4 is 22.1 Å². The largest absolute Gasteiger partial charge is 0.341 e. The van der Waals surface area contributed by atoms with E-state index in [2.05, 4.69) is 69.5 Å². The number of hydrogen-bond donors (Lipinski definition) is 2. The first-order valence-corrected chi connectivity index (χ1v) is 13.0. The highest BCUT2D eigenvalue weighted by atomic mass is 15.2. The minimum absolute atomic E-state index is 0.244. The average Bonchev–Trinajstić information content (AvgIpc) is 3.56. The highest BCUT2D eigenvalue weighted by Crippen LogP contribution is 2.35. The number of H-pyrrole nitrogens is 2. The van der Waals surface area contributed by atoms with Crippen LogP contribution in [-0.4, -0.2) is 29.8 Å². The normalized spacial score (nSPS) is 15.4. The summed E-state index contributed by atoms with van der Waals surface area (Å²) in [5.74, 6) is 1.88. The molecule has 0 spiro atoms. The molecule has 3 aromatic carbocycles. The molecule has 37 heavy (non-hydrogen) atoms. The Kier molecular flexibility index (Phi) is 5.52. The standard InChI is InChI=1S/C31H28N6/c1-2-13-25-24(12-1)33-29(34-25)20-37(28-16-6-9-22-11-7-17-32-30(22)28)19-21-8-5-10-23(18-21)31-35-26-14-3-4-15-27(26)36-31/h1-5,7-8,10-15,17-18,28H,6,9,16,19-20H2,(H,33,34)(H,35,36). The first-order chi connectivity index (χ1) is 18.3. The summed E-state index contributed by atoms with van der Waals surface area (Å²) in [5.41, 5.74) is 9.04. The van der Waals surface area contributed by atoms with Crippen molar-refractivity contribution in [2.75, 3.05) is 0 Å². The highest BCUT2D eigenvalue weighted by molar-refractivity contribution is 5.79.